The lowest BCUT2D eigenvalue weighted by Gasteiger charge is -2.23. The number of aromatic nitrogens is 3. The molecule has 0 aliphatic carbocycles. The van der Waals surface area contributed by atoms with E-state index < -0.39 is 10.0 Å². The number of sulfonamides is 1. The van der Waals surface area contributed by atoms with Gasteiger partial charge in [-0.05, 0) is 25.0 Å². The van der Waals surface area contributed by atoms with Gasteiger partial charge in [-0.2, -0.15) is 5.10 Å². The summed E-state index contributed by atoms with van der Waals surface area (Å²) in [4.78, 5) is 4.42. The van der Waals surface area contributed by atoms with Crippen LogP contribution >= 0.6 is 11.6 Å². The molecule has 1 N–H and O–H groups in total. The molecule has 0 unspecified atom stereocenters. The Hall–Kier alpha value is -1.96. The lowest BCUT2D eigenvalue weighted by Crippen LogP contribution is -2.33. The van der Waals surface area contributed by atoms with E-state index in [1.165, 1.54) is 6.33 Å². The minimum absolute atomic E-state index is 0.221. The van der Waals surface area contributed by atoms with E-state index in [9.17, 15) is 8.42 Å². The molecule has 0 spiro atoms. The average molecular weight is 363 g/mol. The van der Waals surface area contributed by atoms with E-state index in [0.29, 0.717) is 28.0 Å². The van der Waals surface area contributed by atoms with Crippen molar-refractivity contribution in [1.29, 1.82) is 0 Å². The standard InChI is InChI=1S/C16H15ClN4O2S/c17-13-7-8-15(12-5-2-1-4-11(12)13)24(22,23)20-14-6-3-9-21-16(14)18-10-19-21/h1-2,4-5,7-8,10,14,20H,3,6,9H2/t14-/m0/s1. The molecule has 1 atom stereocenters. The molecule has 2 aromatic carbocycles. The molecule has 0 fully saturated rings. The minimum Gasteiger partial charge on any atom is -0.248 e. The Kier molecular flexibility index (Phi) is 3.79. The largest absolute Gasteiger partial charge is 0.248 e. The van der Waals surface area contributed by atoms with Gasteiger partial charge in [-0.25, -0.2) is 22.8 Å². The van der Waals surface area contributed by atoms with Crippen LogP contribution in [0.4, 0.5) is 0 Å². The molecule has 24 heavy (non-hydrogen) atoms. The smallest absolute Gasteiger partial charge is 0.241 e. The maximum atomic E-state index is 12.9. The van der Waals surface area contributed by atoms with Crippen molar-refractivity contribution >= 4 is 32.4 Å². The lowest BCUT2D eigenvalue weighted by atomic mass is 10.1. The summed E-state index contributed by atoms with van der Waals surface area (Å²) in [6.07, 6.45) is 3.01. The summed E-state index contributed by atoms with van der Waals surface area (Å²) in [7, 11) is -3.71. The molecule has 0 saturated heterocycles. The zero-order valence-electron chi connectivity index (χ0n) is 12.7. The quantitative estimate of drug-likeness (QED) is 0.777. The Bertz CT molecular complexity index is 1020. The summed E-state index contributed by atoms with van der Waals surface area (Å²) in [6, 6.07) is 9.99. The molecule has 1 aliphatic rings. The van der Waals surface area contributed by atoms with E-state index in [2.05, 4.69) is 14.8 Å². The number of halogens is 1. The first-order valence-corrected chi connectivity index (χ1v) is 9.50. The van der Waals surface area contributed by atoms with Crippen LogP contribution in [0.5, 0.6) is 0 Å². The second kappa shape index (κ2) is 5.84. The first-order valence-electron chi connectivity index (χ1n) is 7.63. The van der Waals surface area contributed by atoms with Crippen molar-refractivity contribution < 1.29 is 8.42 Å². The van der Waals surface area contributed by atoms with Gasteiger partial charge in [-0.3, -0.25) is 0 Å². The highest BCUT2D eigenvalue weighted by Crippen LogP contribution is 2.31. The van der Waals surface area contributed by atoms with Gasteiger partial charge in [0.1, 0.15) is 12.2 Å². The van der Waals surface area contributed by atoms with Gasteiger partial charge in [0.15, 0.2) is 0 Å². The maximum absolute atomic E-state index is 12.9. The first-order chi connectivity index (χ1) is 11.6. The predicted molar refractivity (Wildman–Crippen MR) is 91.3 cm³/mol. The summed E-state index contributed by atoms with van der Waals surface area (Å²) >= 11 is 6.19. The molecule has 0 radical (unpaired) electrons. The van der Waals surface area contributed by atoms with Crippen LogP contribution in [0, 0.1) is 0 Å². The molecular weight excluding hydrogens is 348 g/mol. The molecule has 3 aromatic rings. The first kappa shape index (κ1) is 15.6. The van der Waals surface area contributed by atoms with E-state index in [-0.39, 0.29) is 10.9 Å². The highest BCUT2D eigenvalue weighted by Gasteiger charge is 2.28. The van der Waals surface area contributed by atoms with Gasteiger partial charge in [-0.1, -0.05) is 35.9 Å². The molecule has 0 bridgehead atoms. The van der Waals surface area contributed by atoms with Gasteiger partial charge in [0.05, 0.1) is 10.9 Å². The molecule has 4 rings (SSSR count). The molecule has 8 heteroatoms. The molecule has 0 amide bonds. The van der Waals surface area contributed by atoms with Gasteiger partial charge < -0.3 is 0 Å². The normalized spacial score (nSPS) is 17.8. The van der Waals surface area contributed by atoms with Crippen LogP contribution in [0.3, 0.4) is 0 Å². The third-order valence-electron chi connectivity index (χ3n) is 4.24. The molecule has 1 aliphatic heterocycles. The van der Waals surface area contributed by atoms with Gasteiger partial charge in [0.2, 0.25) is 10.0 Å². The van der Waals surface area contributed by atoms with Gasteiger partial charge in [-0.15, -0.1) is 0 Å². The predicted octanol–water partition coefficient (Wildman–Crippen LogP) is 2.90. The van der Waals surface area contributed by atoms with Crippen molar-refractivity contribution in [2.45, 2.75) is 30.3 Å². The van der Waals surface area contributed by atoms with E-state index in [1.54, 1.807) is 28.9 Å². The molecule has 124 valence electrons. The number of benzene rings is 2. The third-order valence-corrected chi connectivity index (χ3v) is 6.10. The highest BCUT2D eigenvalue weighted by atomic mass is 35.5. The zero-order valence-corrected chi connectivity index (χ0v) is 14.3. The number of hydrogen-bond donors (Lipinski definition) is 1. The van der Waals surface area contributed by atoms with Crippen molar-refractivity contribution in [2.75, 3.05) is 0 Å². The monoisotopic (exact) mass is 362 g/mol. The number of fused-ring (bicyclic) bond motifs is 2. The summed E-state index contributed by atoms with van der Waals surface area (Å²) < 4.78 is 30.4. The van der Waals surface area contributed by atoms with Crippen LogP contribution in [-0.2, 0) is 16.6 Å². The van der Waals surface area contributed by atoms with Crippen LogP contribution in [0.15, 0.2) is 47.6 Å². The van der Waals surface area contributed by atoms with E-state index in [0.717, 1.165) is 13.0 Å². The van der Waals surface area contributed by atoms with Gasteiger partial charge >= 0.3 is 0 Å². The number of rotatable bonds is 3. The minimum atomic E-state index is -3.71. The molecule has 1 aromatic heterocycles. The maximum Gasteiger partial charge on any atom is 0.241 e. The fourth-order valence-electron chi connectivity index (χ4n) is 3.12. The van der Waals surface area contributed by atoms with Crippen LogP contribution in [0.1, 0.15) is 24.7 Å². The van der Waals surface area contributed by atoms with E-state index >= 15 is 0 Å². The van der Waals surface area contributed by atoms with Gasteiger partial charge in [0.25, 0.3) is 0 Å². The summed E-state index contributed by atoms with van der Waals surface area (Å²) in [5.74, 6) is 0.656. The topological polar surface area (TPSA) is 76.9 Å². The second-order valence-electron chi connectivity index (χ2n) is 5.75. The van der Waals surface area contributed by atoms with Crippen molar-refractivity contribution in [2.24, 2.45) is 0 Å². The van der Waals surface area contributed by atoms with Crippen molar-refractivity contribution in [3.8, 4) is 0 Å². The number of aryl methyl sites for hydroxylation is 1. The lowest BCUT2D eigenvalue weighted by molar-refractivity contribution is 0.400. The van der Waals surface area contributed by atoms with Crippen molar-refractivity contribution in [3.63, 3.8) is 0 Å². The fourth-order valence-corrected chi connectivity index (χ4v) is 4.79. The van der Waals surface area contributed by atoms with Crippen LogP contribution in [-0.4, -0.2) is 23.2 Å². The Morgan fingerprint density at radius 1 is 1.17 bits per heavy atom. The average Bonchev–Trinajstić information content (AvgIpc) is 3.05. The Balaban J connectivity index is 1.76. The van der Waals surface area contributed by atoms with Crippen molar-refractivity contribution in [3.05, 3.63) is 53.6 Å². The number of hydrogen-bond acceptors (Lipinski definition) is 4. The summed E-state index contributed by atoms with van der Waals surface area (Å²) in [6.45, 7) is 0.761. The van der Waals surface area contributed by atoms with Gasteiger partial charge in [0, 0.05) is 22.3 Å². The molecular formula is C16H15ClN4O2S. The second-order valence-corrected chi connectivity index (χ2v) is 7.84. The summed E-state index contributed by atoms with van der Waals surface area (Å²) in [5.41, 5.74) is 0. The SMILES string of the molecule is O=S(=O)(N[C@H]1CCCn2ncnc21)c1ccc(Cl)c2ccccc12. The Morgan fingerprint density at radius 3 is 2.79 bits per heavy atom. The summed E-state index contributed by atoms with van der Waals surface area (Å²) in [5, 5.41) is 5.98. The van der Waals surface area contributed by atoms with E-state index in [1.807, 2.05) is 12.1 Å². The molecule has 2 heterocycles. The zero-order chi connectivity index (χ0) is 16.7. The fraction of sp³-hybridized carbons (Fsp3) is 0.250. The van der Waals surface area contributed by atoms with Crippen LogP contribution in [0.25, 0.3) is 10.8 Å². The van der Waals surface area contributed by atoms with Crippen LogP contribution in [0.2, 0.25) is 5.02 Å². The molecule has 6 nitrogen and oxygen atoms in total. The van der Waals surface area contributed by atoms with Crippen molar-refractivity contribution in [1.82, 2.24) is 19.5 Å². The molecule has 0 saturated carbocycles. The number of nitrogens with one attached hydrogen (secondary N) is 1. The Morgan fingerprint density at radius 2 is 1.96 bits per heavy atom. The highest BCUT2D eigenvalue weighted by molar-refractivity contribution is 7.89. The van der Waals surface area contributed by atoms with E-state index in [4.69, 9.17) is 11.6 Å². The Labute approximate surface area is 144 Å². The van der Waals surface area contributed by atoms with Crippen LogP contribution < -0.4 is 4.72 Å². The third kappa shape index (κ3) is 2.58. The number of nitrogens with zero attached hydrogens (tertiary/aromatic N) is 3.